The number of rotatable bonds is 5. The van der Waals surface area contributed by atoms with Crippen molar-refractivity contribution in [3.63, 3.8) is 0 Å². The van der Waals surface area contributed by atoms with E-state index in [1.165, 1.54) is 0 Å². The fourth-order valence-corrected chi connectivity index (χ4v) is 3.81. The zero-order valence-electron chi connectivity index (χ0n) is 8.78. The van der Waals surface area contributed by atoms with Crippen LogP contribution in [-0.4, -0.2) is 30.5 Å². The van der Waals surface area contributed by atoms with Gasteiger partial charge in [0.2, 0.25) is 0 Å². The molecule has 0 aromatic carbocycles. The summed E-state index contributed by atoms with van der Waals surface area (Å²) in [5.74, 6) is -1.37. The van der Waals surface area contributed by atoms with Gasteiger partial charge in [-0.15, -0.1) is 11.3 Å². The summed E-state index contributed by atoms with van der Waals surface area (Å²) in [5, 5.41) is 19.1. The van der Waals surface area contributed by atoms with Crippen LogP contribution in [0.3, 0.4) is 0 Å². The Morgan fingerprint density at radius 1 is 1.67 bits per heavy atom. The fourth-order valence-electron chi connectivity index (χ4n) is 0.937. The number of sulfonamides is 1. The molecule has 18 heavy (non-hydrogen) atoms. The van der Waals surface area contributed by atoms with Crippen molar-refractivity contribution in [1.29, 1.82) is 0 Å². The second kappa shape index (κ2) is 5.18. The number of hydrogen-bond acceptors (Lipinski definition) is 6. The van der Waals surface area contributed by atoms with E-state index in [1.54, 1.807) is 0 Å². The maximum Gasteiger partial charge on any atom is 0.321 e. The van der Waals surface area contributed by atoms with Crippen molar-refractivity contribution in [3.8, 4) is 0 Å². The highest BCUT2D eigenvalue weighted by atomic mass is 35.5. The lowest BCUT2D eigenvalue weighted by molar-refractivity contribution is -0.384. The molecule has 0 aliphatic rings. The van der Waals surface area contributed by atoms with E-state index in [0.717, 1.165) is 13.0 Å². The molecule has 1 aromatic rings. The van der Waals surface area contributed by atoms with Crippen LogP contribution >= 0.6 is 22.9 Å². The van der Waals surface area contributed by atoms with Crippen molar-refractivity contribution < 1.29 is 23.2 Å². The molecule has 0 saturated carbocycles. The lowest BCUT2D eigenvalue weighted by Crippen LogP contribution is -2.37. The normalized spacial score (nSPS) is 13.2. The number of carbonyl (C=O) groups is 1. The van der Waals surface area contributed by atoms with Crippen LogP contribution in [0.2, 0.25) is 4.34 Å². The van der Waals surface area contributed by atoms with Gasteiger partial charge in [-0.05, 0) is 6.92 Å². The van der Waals surface area contributed by atoms with Gasteiger partial charge in [0.15, 0.2) is 4.34 Å². The lowest BCUT2D eigenvalue weighted by atomic mass is 10.4. The molecule has 0 fully saturated rings. The quantitative estimate of drug-likeness (QED) is 0.618. The molecule has 1 rings (SSSR count). The van der Waals surface area contributed by atoms with Crippen molar-refractivity contribution in [3.05, 3.63) is 20.5 Å². The molecule has 0 saturated heterocycles. The summed E-state index contributed by atoms with van der Waals surface area (Å²) in [6.07, 6.45) is 0. The van der Waals surface area contributed by atoms with Crippen molar-refractivity contribution in [1.82, 2.24) is 4.72 Å². The van der Waals surface area contributed by atoms with Crippen LogP contribution in [0.4, 0.5) is 5.69 Å². The second-order valence-electron chi connectivity index (χ2n) is 3.16. The molecule has 0 bridgehead atoms. The number of carboxylic acids is 1. The third-order valence-corrected chi connectivity index (χ3v) is 5.16. The SMILES string of the molecule is C[C@@H](NS(=O)(=O)c1cc([N+](=O)[O-])c(Cl)s1)C(=O)O. The van der Waals surface area contributed by atoms with Crippen LogP contribution in [-0.2, 0) is 14.8 Å². The maximum atomic E-state index is 11.7. The molecule has 0 spiro atoms. The first-order valence-corrected chi connectivity index (χ1v) is 7.01. The van der Waals surface area contributed by atoms with Crippen molar-refractivity contribution in [2.45, 2.75) is 17.2 Å². The lowest BCUT2D eigenvalue weighted by Gasteiger charge is -2.07. The number of thiophene rings is 1. The monoisotopic (exact) mass is 314 g/mol. The van der Waals surface area contributed by atoms with Crippen molar-refractivity contribution in [2.24, 2.45) is 0 Å². The van der Waals surface area contributed by atoms with E-state index in [0.29, 0.717) is 11.3 Å². The highest BCUT2D eigenvalue weighted by molar-refractivity contribution is 7.91. The first-order valence-electron chi connectivity index (χ1n) is 4.34. The summed E-state index contributed by atoms with van der Waals surface area (Å²) >= 11 is 6.00. The third-order valence-electron chi connectivity index (χ3n) is 1.81. The third kappa shape index (κ3) is 3.16. The van der Waals surface area contributed by atoms with Gasteiger partial charge >= 0.3 is 5.97 Å². The molecule has 8 nitrogen and oxygen atoms in total. The fraction of sp³-hybridized carbons (Fsp3) is 0.286. The van der Waals surface area contributed by atoms with E-state index in [1.807, 2.05) is 4.72 Å². The van der Waals surface area contributed by atoms with E-state index in [4.69, 9.17) is 16.7 Å². The molecule has 0 amide bonds. The van der Waals surface area contributed by atoms with Crippen LogP contribution in [0.15, 0.2) is 10.3 Å². The van der Waals surface area contributed by atoms with Crippen LogP contribution in [0.1, 0.15) is 6.92 Å². The zero-order valence-corrected chi connectivity index (χ0v) is 11.2. The van der Waals surface area contributed by atoms with Crippen LogP contribution in [0.5, 0.6) is 0 Å². The Hall–Kier alpha value is -1.23. The van der Waals surface area contributed by atoms with E-state index in [2.05, 4.69) is 0 Å². The van der Waals surface area contributed by atoms with Gasteiger partial charge in [0, 0.05) is 6.07 Å². The van der Waals surface area contributed by atoms with Gasteiger partial charge in [-0.1, -0.05) is 11.6 Å². The van der Waals surface area contributed by atoms with E-state index in [-0.39, 0.29) is 4.34 Å². The first kappa shape index (κ1) is 14.8. The number of hydrogen-bond donors (Lipinski definition) is 2. The molecule has 0 unspecified atom stereocenters. The van der Waals surface area contributed by atoms with Crippen LogP contribution < -0.4 is 4.72 Å². The van der Waals surface area contributed by atoms with Gasteiger partial charge in [-0.25, -0.2) is 8.42 Å². The number of halogens is 1. The predicted molar refractivity (Wildman–Crippen MR) is 63.4 cm³/mol. The summed E-state index contributed by atoms with van der Waals surface area (Å²) in [5.41, 5.74) is -0.537. The summed E-state index contributed by atoms with van der Waals surface area (Å²) in [6, 6.07) is -0.570. The molecule has 11 heteroatoms. The summed E-state index contributed by atoms with van der Waals surface area (Å²) < 4.78 is 24.5. The Morgan fingerprint density at radius 2 is 2.22 bits per heavy atom. The molecule has 1 heterocycles. The number of nitro groups is 1. The molecular formula is C7H7ClN2O6S2. The first-order chi connectivity index (χ1) is 8.15. The minimum Gasteiger partial charge on any atom is -0.480 e. The van der Waals surface area contributed by atoms with Crippen LogP contribution in [0.25, 0.3) is 0 Å². The maximum absolute atomic E-state index is 11.7. The van der Waals surface area contributed by atoms with Gasteiger partial charge in [0.25, 0.3) is 15.7 Å². The standard InChI is InChI=1S/C7H7ClN2O6S2/c1-3(7(11)12)9-18(15,16)5-2-4(10(13)14)6(8)17-5/h2-3,9H,1H3,(H,11,12)/t3-/m1/s1. The Labute approximate surface area is 110 Å². The van der Waals surface area contributed by atoms with E-state index in [9.17, 15) is 23.3 Å². The summed E-state index contributed by atoms with van der Waals surface area (Å²) in [6.45, 7) is 1.13. The Balaban J connectivity index is 3.10. The number of nitrogens with zero attached hydrogens (tertiary/aromatic N) is 1. The minimum absolute atomic E-state index is 0.289. The minimum atomic E-state index is -4.14. The predicted octanol–water partition coefficient (Wildman–Crippen LogP) is 1.06. The van der Waals surface area contributed by atoms with Gasteiger partial charge < -0.3 is 5.11 Å². The van der Waals surface area contributed by atoms with Gasteiger partial charge in [-0.2, -0.15) is 4.72 Å². The number of carboxylic acid groups (broad SMARTS) is 1. The molecule has 0 radical (unpaired) electrons. The molecule has 2 N–H and O–H groups in total. The average molecular weight is 315 g/mol. The highest BCUT2D eigenvalue weighted by Crippen LogP contribution is 2.36. The van der Waals surface area contributed by atoms with Crippen molar-refractivity contribution in [2.75, 3.05) is 0 Å². The van der Waals surface area contributed by atoms with Gasteiger partial charge in [-0.3, -0.25) is 14.9 Å². The van der Waals surface area contributed by atoms with E-state index < -0.39 is 36.9 Å². The summed E-state index contributed by atoms with van der Waals surface area (Å²) in [7, 11) is -4.14. The molecular weight excluding hydrogens is 308 g/mol. The Kier molecular flexibility index (Phi) is 4.27. The molecule has 1 atom stereocenters. The second-order valence-corrected chi connectivity index (χ2v) is 6.76. The van der Waals surface area contributed by atoms with Crippen LogP contribution in [0, 0.1) is 10.1 Å². The van der Waals surface area contributed by atoms with E-state index >= 15 is 0 Å². The molecule has 0 aliphatic carbocycles. The topological polar surface area (TPSA) is 127 Å². The van der Waals surface area contributed by atoms with Gasteiger partial charge in [0.05, 0.1) is 4.92 Å². The summed E-state index contributed by atoms with van der Waals surface area (Å²) in [4.78, 5) is 20.2. The number of aliphatic carboxylic acids is 1. The molecule has 100 valence electrons. The number of nitrogens with one attached hydrogen (secondary N) is 1. The smallest absolute Gasteiger partial charge is 0.321 e. The van der Waals surface area contributed by atoms with Crippen molar-refractivity contribution >= 4 is 44.6 Å². The Bertz CT molecular complexity index is 595. The molecule has 1 aromatic heterocycles. The Morgan fingerprint density at radius 3 is 2.61 bits per heavy atom. The average Bonchev–Trinajstić information content (AvgIpc) is 2.60. The molecule has 0 aliphatic heterocycles. The highest BCUT2D eigenvalue weighted by Gasteiger charge is 2.27. The zero-order chi connectivity index (χ0) is 14.1. The van der Waals surface area contributed by atoms with Gasteiger partial charge in [0.1, 0.15) is 10.3 Å². The largest absolute Gasteiger partial charge is 0.480 e.